The third-order valence-electron chi connectivity index (χ3n) is 5.05. The van der Waals surface area contributed by atoms with Crippen LogP contribution < -0.4 is 5.32 Å². The van der Waals surface area contributed by atoms with Crippen LogP contribution in [-0.4, -0.2) is 9.97 Å². The lowest BCUT2D eigenvalue weighted by atomic mass is 10.0. The maximum absolute atomic E-state index is 4.72. The quantitative estimate of drug-likeness (QED) is 0.357. The minimum Gasteiger partial charge on any atom is -0.338 e. The van der Waals surface area contributed by atoms with Crippen LogP contribution in [0.4, 0.5) is 0 Å². The van der Waals surface area contributed by atoms with Gasteiger partial charge in [0.1, 0.15) is 5.82 Å². The van der Waals surface area contributed by atoms with Crippen molar-refractivity contribution in [3.63, 3.8) is 0 Å². The summed E-state index contributed by atoms with van der Waals surface area (Å²) in [5.41, 5.74) is 8.19. The monoisotopic (exact) mass is 395 g/mol. The van der Waals surface area contributed by atoms with Crippen LogP contribution in [0.2, 0.25) is 0 Å². The molecule has 0 aliphatic carbocycles. The Kier molecular flexibility index (Phi) is 4.95. The van der Waals surface area contributed by atoms with E-state index in [-0.39, 0.29) is 0 Å². The lowest BCUT2D eigenvalue weighted by Crippen LogP contribution is -2.11. The predicted molar refractivity (Wildman–Crippen MR) is 122 cm³/mol. The van der Waals surface area contributed by atoms with Crippen molar-refractivity contribution in [3.05, 3.63) is 101 Å². The van der Waals surface area contributed by atoms with E-state index >= 15 is 0 Å². The fourth-order valence-corrected chi connectivity index (χ4v) is 4.16. The Hall–Kier alpha value is -3.21. The summed E-state index contributed by atoms with van der Waals surface area (Å²) >= 11 is 1.74. The minimum atomic E-state index is 0.870. The van der Waals surface area contributed by atoms with Crippen LogP contribution in [0.1, 0.15) is 11.1 Å². The number of aromatic amines is 1. The average Bonchev–Trinajstić information content (AvgIpc) is 3.44. The third kappa shape index (κ3) is 3.99. The van der Waals surface area contributed by atoms with Crippen LogP contribution in [0, 0.1) is 0 Å². The lowest BCUT2D eigenvalue weighted by Gasteiger charge is -2.07. The molecular formula is C25H21N3S. The summed E-state index contributed by atoms with van der Waals surface area (Å²) in [7, 11) is 0. The summed E-state index contributed by atoms with van der Waals surface area (Å²) in [6, 6.07) is 27.6. The average molecular weight is 396 g/mol. The van der Waals surface area contributed by atoms with Crippen molar-refractivity contribution in [2.45, 2.75) is 13.1 Å². The Morgan fingerprint density at radius 1 is 0.759 bits per heavy atom. The molecule has 2 heterocycles. The van der Waals surface area contributed by atoms with E-state index in [9.17, 15) is 0 Å². The molecule has 0 radical (unpaired) electrons. The molecule has 5 aromatic rings. The molecule has 0 aliphatic rings. The number of rotatable bonds is 6. The molecule has 0 unspecified atom stereocenters. The second-order valence-corrected chi connectivity index (χ2v) is 7.90. The topological polar surface area (TPSA) is 40.7 Å². The molecule has 2 N–H and O–H groups in total. The highest BCUT2D eigenvalue weighted by Crippen LogP contribution is 2.26. The van der Waals surface area contributed by atoms with E-state index in [2.05, 4.69) is 81.7 Å². The first-order valence-corrected chi connectivity index (χ1v) is 10.7. The molecule has 4 heteroatoms. The smallest absolute Gasteiger partial charge is 0.138 e. The van der Waals surface area contributed by atoms with E-state index in [1.54, 1.807) is 11.3 Å². The predicted octanol–water partition coefficient (Wildman–Crippen LogP) is 6.25. The van der Waals surface area contributed by atoms with Gasteiger partial charge in [0.05, 0.1) is 11.0 Å². The van der Waals surface area contributed by atoms with Gasteiger partial charge in [-0.3, -0.25) is 0 Å². The van der Waals surface area contributed by atoms with Crippen LogP contribution in [0.25, 0.3) is 33.5 Å². The Labute approximate surface area is 174 Å². The zero-order valence-electron chi connectivity index (χ0n) is 15.9. The lowest BCUT2D eigenvalue weighted by molar-refractivity contribution is 0.695. The van der Waals surface area contributed by atoms with Gasteiger partial charge in [0.15, 0.2) is 0 Å². The van der Waals surface area contributed by atoms with Gasteiger partial charge in [0.25, 0.3) is 0 Å². The fourth-order valence-electron chi connectivity index (χ4n) is 3.50. The third-order valence-corrected chi connectivity index (χ3v) is 5.78. The Morgan fingerprint density at radius 2 is 1.59 bits per heavy atom. The number of imidazole rings is 1. The van der Waals surface area contributed by atoms with Gasteiger partial charge in [-0.1, -0.05) is 54.6 Å². The van der Waals surface area contributed by atoms with E-state index in [4.69, 9.17) is 4.98 Å². The van der Waals surface area contributed by atoms with Crippen molar-refractivity contribution in [1.82, 2.24) is 15.3 Å². The second-order valence-electron chi connectivity index (χ2n) is 7.12. The van der Waals surface area contributed by atoms with Gasteiger partial charge in [-0.2, -0.15) is 11.3 Å². The molecule has 29 heavy (non-hydrogen) atoms. The molecule has 0 spiro atoms. The van der Waals surface area contributed by atoms with Crippen molar-refractivity contribution in [3.8, 4) is 22.5 Å². The fraction of sp³-hybridized carbons (Fsp3) is 0.0800. The summed E-state index contributed by atoms with van der Waals surface area (Å²) in [6.45, 7) is 1.78. The highest BCUT2D eigenvalue weighted by atomic mass is 32.1. The number of hydrogen-bond acceptors (Lipinski definition) is 3. The molecular weight excluding hydrogens is 374 g/mol. The van der Waals surface area contributed by atoms with Gasteiger partial charge in [-0.15, -0.1) is 0 Å². The zero-order chi connectivity index (χ0) is 19.5. The number of aromatic nitrogens is 2. The van der Waals surface area contributed by atoms with E-state index in [0.29, 0.717) is 0 Å². The number of hydrogen-bond donors (Lipinski definition) is 2. The highest BCUT2D eigenvalue weighted by molar-refractivity contribution is 7.07. The molecule has 0 bridgehead atoms. The van der Waals surface area contributed by atoms with E-state index in [1.807, 2.05) is 18.2 Å². The van der Waals surface area contributed by atoms with E-state index in [1.165, 1.54) is 22.3 Å². The molecule has 5 rings (SSSR count). The molecule has 0 amide bonds. The number of nitrogens with zero attached hydrogens (tertiary/aromatic N) is 1. The molecule has 0 atom stereocenters. The summed E-state index contributed by atoms with van der Waals surface area (Å²) in [5, 5.41) is 7.80. The van der Waals surface area contributed by atoms with Gasteiger partial charge >= 0.3 is 0 Å². The van der Waals surface area contributed by atoms with Crippen molar-refractivity contribution in [2.24, 2.45) is 0 Å². The molecule has 0 saturated carbocycles. The van der Waals surface area contributed by atoms with Crippen LogP contribution >= 0.6 is 11.3 Å². The second kappa shape index (κ2) is 8.03. The summed E-state index contributed by atoms with van der Waals surface area (Å²) in [5.74, 6) is 0.905. The number of nitrogens with one attached hydrogen (secondary N) is 2. The van der Waals surface area contributed by atoms with Crippen LogP contribution in [0.15, 0.2) is 89.6 Å². The van der Waals surface area contributed by atoms with Crippen LogP contribution in [0.5, 0.6) is 0 Å². The first-order chi connectivity index (χ1) is 14.3. The standard InChI is InChI=1S/C25H21N3S/c1-2-7-24-23(6-1)27-25(28-24)22-5-3-4-21(14-22)20-10-8-18(9-11-20)15-26-16-19-12-13-29-17-19/h1-14,17,26H,15-16H2,(H,27,28). The van der Waals surface area contributed by atoms with Crippen LogP contribution in [0.3, 0.4) is 0 Å². The van der Waals surface area contributed by atoms with E-state index in [0.717, 1.165) is 35.5 Å². The largest absolute Gasteiger partial charge is 0.338 e. The normalized spacial score (nSPS) is 11.2. The van der Waals surface area contributed by atoms with Gasteiger partial charge in [-0.05, 0) is 57.3 Å². The van der Waals surface area contributed by atoms with Crippen molar-refractivity contribution in [1.29, 1.82) is 0 Å². The van der Waals surface area contributed by atoms with Gasteiger partial charge in [-0.25, -0.2) is 4.98 Å². The molecule has 3 aromatic carbocycles. The molecule has 0 aliphatic heterocycles. The van der Waals surface area contributed by atoms with E-state index < -0.39 is 0 Å². The number of para-hydroxylation sites is 2. The van der Waals surface area contributed by atoms with Gasteiger partial charge in [0.2, 0.25) is 0 Å². The molecule has 0 saturated heterocycles. The van der Waals surface area contributed by atoms with Crippen molar-refractivity contribution >= 4 is 22.4 Å². The first kappa shape index (κ1) is 17.9. The Bertz CT molecular complexity index is 1190. The minimum absolute atomic E-state index is 0.870. The molecule has 2 aromatic heterocycles. The maximum atomic E-state index is 4.72. The number of benzene rings is 3. The summed E-state index contributed by atoms with van der Waals surface area (Å²) in [4.78, 5) is 8.14. The zero-order valence-corrected chi connectivity index (χ0v) is 16.7. The summed E-state index contributed by atoms with van der Waals surface area (Å²) < 4.78 is 0. The highest BCUT2D eigenvalue weighted by Gasteiger charge is 2.06. The SMILES string of the molecule is c1cc(-c2ccc(CNCc3ccsc3)cc2)cc(-c2nc3ccccc3[nH]2)c1. The Balaban J connectivity index is 1.32. The number of fused-ring (bicyclic) bond motifs is 1. The Morgan fingerprint density at radius 3 is 2.41 bits per heavy atom. The summed E-state index contributed by atoms with van der Waals surface area (Å²) in [6.07, 6.45) is 0. The molecule has 142 valence electrons. The van der Waals surface area contributed by atoms with Crippen molar-refractivity contribution in [2.75, 3.05) is 0 Å². The first-order valence-electron chi connectivity index (χ1n) is 9.71. The molecule has 0 fully saturated rings. The van der Waals surface area contributed by atoms with Gasteiger partial charge in [0, 0.05) is 18.7 Å². The number of H-pyrrole nitrogens is 1. The van der Waals surface area contributed by atoms with Crippen LogP contribution in [-0.2, 0) is 13.1 Å². The maximum Gasteiger partial charge on any atom is 0.138 e. The van der Waals surface area contributed by atoms with Gasteiger partial charge < -0.3 is 10.3 Å². The van der Waals surface area contributed by atoms with Crippen molar-refractivity contribution < 1.29 is 0 Å². The number of thiophene rings is 1. The molecule has 3 nitrogen and oxygen atoms in total.